The topological polar surface area (TPSA) is 61.4 Å². The molecule has 11 heavy (non-hydrogen) atoms. The summed E-state index contributed by atoms with van der Waals surface area (Å²) in [5.74, 6) is 0. The molecule has 1 rings (SSSR count). The number of carbonyl (C=O) groups is 1. The molecule has 0 radical (unpaired) electrons. The summed E-state index contributed by atoms with van der Waals surface area (Å²) in [6.45, 7) is 2.97. The molecule has 0 spiro atoms. The predicted molar refractivity (Wildman–Crippen MR) is 41.6 cm³/mol. The van der Waals surface area contributed by atoms with Crippen LogP contribution in [0.5, 0.6) is 0 Å². The van der Waals surface area contributed by atoms with Gasteiger partial charge in [0.1, 0.15) is 0 Å². The van der Waals surface area contributed by atoms with Crippen LogP contribution in [0.2, 0.25) is 0 Å². The molecule has 0 aromatic carbocycles. The highest BCUT2D eigenvalue weighted by atomic mass is 16.4. The second kappa shape index (κ2) is 3.57. The number of hydrogen-bond donors (Lipinski definition) is 3. The predicted octanol–water partition coefficient (Wildman–Crippen LogP) is 0.394. The van der Waals surface area contributed by atoms with E-state index in [2.05, 4.69) is 17.6 Å². The van der Waals surface area contributed by atoms with E-state index in [1.54, 1.807) is 0 Å². The molecule has 1 saturated heterocycles. The van der Waals surface area contributed by atoms with Crippen molar-refractivity contribution in [1.82, 2.24) is 10.6 Å². The summed E-state index contributed by atoms with van der Waals surface area (Å²) >= 11 is 0. The van der Waals surface area contributed by atoms with Crippen LogP contribution >= 0.6 is 0 Å². The first-order chi connectivity index (χ1) is 5.18. The lowest BCUT2D eigenvalue weighted by Crippen LogP contribution is -2.46. The molecule has 1 amide bonds. The van der Waals surface area contributed by atoms with E-state index in [0.717, 1.165) is 19.4 Å². The highest BCUT2D eigenvalue weighted by Gasteiger charge is 2.18. The van der Waals surface area contributed by atoms with Crippen LogP contribution in [0.4, 0.5) is 4.79 Å². The Labute approximate surface area is 66.0 Å². The molecule has 0 aliphatic carbocycles. The second-order valence-electron chi connectivity index (χ2n) is 3.03. The zero-order valence-corrected chi connectivity index (χ0v) is 6.63. The maximum absolute atomic E-state index is 10.2. The van der Waals surface area contributed by atoms with Crippen molar-refractivity contribution in [3.05, 3.63) is 0 Å². The molecule has 1 aliphatic heterocycles. The van der Waals surface area contributed by atoms with Crippen molar-refractivity contribution in [2.45, 2.75) is 31.8 Å². The van der Waals surface area contributed by atoms with Gasteiger partial charge in [-0.3, -0.25) is 0 Å². The first-order valence-corrected chi connectivity index (χ1v) is 3.91. The molecule has 0 saturated carbocycles. The summed E-state index contributed by atoms with van der Waals surface area (Å²) in [7, 11) is 0. The Balaban J connectivity index is 2.28. The molecular formula is C7H14N2O2. The normalized spacial score (nSPS) is 31.4. The molecule has 4 nitrogen and oxygen atoms in total. The third-order valence-corrected chi connectivity index (χ3v) is 1.95. The average Bonchev–Trinajstić information content (AvgIpc) is 1.85. The van der Waals surface area contributed by atoms with Crippen LogP contribution in [0.15, 0.2) is 0 Å². The van der Waals surface area contributed by atoms with Crippen molar-refractivity contribution >= 4 is 6.09 Å². The maximum atomic E-state index is 10.2. The largest absolute Gasteiger partial charge is 0.465 e. The number of carboxylic acid groups (broad SMARTS) is 1. The fourth-order valence-corrected chi connectivity index (χ4v) is 1.44. The van der Waals surface area contributed by atoms with Crippen LogP contribution in [-0.4, -0.2) is 29.8 Å². The van der Waals surface area contributed by atoms with Crippen LogP contribution in [0.1, 0.15) is 19.8 Å². The average molecular weight is 158 g/mol. The summed E-state index contributed by atoms with van der Waals surface area (Å²) in [6.07, 6.45) is 0.882. The zero-order chi connectivity index (χ0) is 8.27. The van der Waals surface area contributed by atoms with Gasteiger partial charge in [-0.2, -0.15) is 0 Å². The third-order valence-electron chi connectivity index (χ3n) is 1.95. The summed E-state index contributed by atoms with van der Waals surface area (Å²) in [4.78, 5) is 10.2. The number of rotatable bonds is 1. The quantitative estimate of drug-likeness (QED) is 0.517. The molecule has 0 bridgehead atoms. The molecule has 64 valence electrons. The lowest BCUT2D eigenvalue weighted by atomic mass is 10.0. The van der Waals surface area contributed by atoms with E-state index >= 15 is 0 Å². The minimum atomic E-state index is -0.913. The van der Waals surface area contributed by atoms with Crippen LogP contribution in [-0.2, 0) is 0 Å². The van der Waals surface area contributed by atoms with Gasteiger partial charge in [-0.15, -0.1) is 0 Å². The van der Waals surface area contributed by atoms with E-state index in [1.807, 2.05) is 0 Å². The number of piperidine rings is 1. The second-order valence-corrected chi connectivity index (χ2v) is 3.03. The molecule has 1 aliphatic rings. The van der Waals surface area contributed by atoms with E-state index in [-0.39, 0.29) is 6.04 Å². The van der Waals surface area contributed by atoms with Gasteiger partial charge in [0.2, 0.25) is 0 Å². The summed E-state index contributed by atoms with van der Waals surface area (Å²) in [5.41, 5.74) is 0. The summed E-state index contributed by atoms with van der Waals surface area (Å²) in [5, 5.41) is 14.2. The van der Waals surface area contributed by atoms with Crippen molar-refractivity contribution in [3.8, 4) is 0 Å². The molecule has 1 heterocycles. The Bertz CT molecular complexity index is 149. The van der Waals surface area contributed by atoms with Crippen molar-refractivity contribution in [2.24, 2.45) is 0 Å². The lowest BCUT2D eigenvalue weighted by Gasteiger charge is -2.27. The molecule has 0 unspecified atom stereocenters. The van der Waals surface area contributed by atoms with Crippen molar-refractivity contribution in [1.29, 1.82) is 0 Å². The maximum Gasteiger partial charge on any atom is 0.404 e. The van der Waals surface area contributed by atoms with Gasteiger partial charge in [-0.1, -0.05) is 0 Å². The van der Waals surface area contributed by atoms with E-state index in [1.165, 1.54) is 0 Å². The van der Waals surface area contributed by atoms with Gasteiger partial charge in [0.15, 0.2) is 0 Å². The molecule has 1 fully saturated rings. The van der Waals surface area contributed by atoms with E-state index < -0.39 is 6.09 Å². The highest BCUT2D eigenvalue weighted by molar-refractivity contribution is 5.64. The van der Waals surface area contributed by atoms with E-state index in [4.69, 9.17) is 5.11 Å². The van der Waals surface area contributed by atoms with Gasteiger partial charge in [0, 0.05) is 12.1 Å². The van der Waals surface area contributed by atoms with Gasteiger partial charge in [0.05, 0.1) is 0 Å². The number of amides is 1. The Kier molecular flexibility index (Phi) is 2.70. The first kappa shape index (κ1) is 8.33. The fourth-order valence-electron chi connectivity index (χ4n) is 1.44. The molecule has 3 N–H and O–H groups in total. The van der Waals surface area contributed by atoms with Crippen LogP contribution < -0.4 is 10.6 Å². The molecule has 0 aromatic heterocycles. The minimum absolute atomic E-state index is 0.142. The molecule has 0 aromatic rings. The Morgan fingerprint density at radius 3 is 3.00 bits per heavy atom. The zero-order valence-electron chi connectivity index (χ0n) is 6.63. The van der Waals surface area contributed by atoms with Crippen LogP contribution in [0, 0.1) is 0 Å². The van der Waals surface area contributed by atoms with Crippen molar-refractivity contribution < 1.29 is 9.90 Å². The van der Waals surface area contributed by atoms with E-state index in [9.17, 15) is 4.79 Å². The molecule has 2 atom stereocenters. The Hall–Kier alpha value is -0.770. The first-order valence-electron chi connectivity index (χ1n) is 3.91. The Morgan fingerprint density at radius 2 is 2.45 bits per heavy atom. The Morgan fingerprint density at radius 1 is 1.73 bits per heavy atom. The van der Waals surface area contributed by atoms with Crippen LogP contribution in [0.3, 0.4) is 0 Å². The number of hydrogen-bond acceptors (Lipinski definition) is 2. The van der Waals surface area contributed by atoms with E-state index in [0.29, 0.717) is 6.04 Å². The molecule has 4 heteroatoms. The molecular weight excluding hydrogens is 144 g/mol. The van der Waals surface area contributed by atoms with Gasteiger partial charge < -0.3 is 15.7 Å². The standard InChI is InChI=1S/C7H14N2O2/c1-5-4-6(2-3-8-5)9-7(10)11/h5-6,8-9H,2-4H2,1H3,(H,10,11)/t5-,6+/m1/s1. The smallest absolute Gasteiger partial charge is 0.404 e. The van der Waals surface area contributed by atoms with Crippen LogP contribution in [0.25, 0.3) is 0 Å². The van der Waals surface area contributed by atoms with Gasteiger partial charge in [-0.25, -0.2) is 4.79 Å². The van der Waals surface area contributed by atoms with Crippen molar-refractivity contribution in [3.63, 3.8) is 0 Å². The van der Waals surface area contributed by atoms with Crippen molar-refractivity contribution in [2.75, 3.05) is 6.54 Å². The fraction of sp³-hybridized carbons (Fsp3) is 0.857. The minimum Gasteiger partial charge on any atom is -0.465 e. The van der Waals surface area contributed by atoms with Gasteiger partial charge >= 0.3 is 6.09 Å². The summed E-state index contributed by atoms with van der Waals surface area (Å²) < 4.78 is 0. The monoisotopic (exact) mass is 158 g/mol. The SMILES string of the molecule is C[C@@H]1C[C@@H](NC(=O)O)CCN1. The lowest BCUT2D eigenvalue weighted by molar-refractivity contribution is 0.184. The summed E-state index contributed by atoms with van der Waals surface area (Å²) in [6, 6.07) is 0.573. The third kappa shape index (κ3) is 2.76. The number of nitrogens with one attached hydrogen (secondary N) is 2. The van der Waals surface area contributed by atoms with Gasteiger partial charge in [-0.05, 0) is 26.3 Å². The van der Waals surface area contributed by atoms with Gasteiger partial charge in [0.25, 0.3) is 0 Å². The highest BCUT2D eigenvalue weighted by Crippen LogP contribution is 2.07.